The fourth-order valence-corrected chi connectivity index (χ4v) is 12.3. The van der Waals surface area contributed by atoms with Crippen LogP contribution in [0.25, 0.3) is 0 Å². The zero-order valence-corrected chi connectivity index (χ0v) is 71.7. The standard InChI is InChI=1S/C20H15ClN4O.C20H14F2N4O.C19H16F3N5O.C19H17FN4O.C18H16FN5O/c1-3-14-5-4-6-15(9-14)20(26)24-16-7-8-18(21)19(10-16)25(2)17-11-22-13-23-12-17;1-3-13-5-4-6-14(7-13)20(27)25-15-8-17(21)19(22)18(9-15)26(2)16-10-23-12-24-11-16;1-19(21,22)12-5-6-25-16(7-12)18(28)26-13-3-4-15(20)17(8-13)27(2)14-9-23-11-24-10-14;1-13-4-3-5-14(8-13)19(25)23-15-6-7-17(20)18(9-15)24(2)16-10-21-12-22-11-16;1-12-5-6-22-16(7-12)18(25)23-13-3-4-15(19)17(8-13)24(2)14-9-20-11-21-10-14/h1,4-13H,2H3,(H,24,26);1,4-12H,2H3,(H,25,27);3-11H,1-2H3,(H,26,28);3-12H,1-2H3,(H,23,25);3-11H,1-2H3,(H,23,25). The Morgan fingerprint density at radius 1 is 0.344 bits per heavy atom. The van der Waals surface area contributed by atoms with Crippen molar-refractivity contribution in [3.8, 4) is 24.7 Å². The predicted molar refractivity (Wildman–Crippen MR) is 490 cm³/mol. The number of aromatic nitrogens is 12. The highest BCUT2D eigenvalue weighted by atomic mass is 35.5. The lowest BCUT2D eigenvalue weighted by Crippen LogP contribution is -2.17. The van der Waals surface area contributed by atoms with Crippen molar-refractivity contribution in [2.24, 2.45) is 0 Å². The van der Waals surface area contributed by atoms with Crippen LogP contribution in [0.1, 0.15) is 86.8 Å². The Balaban J connectivity index is 0.000000158. The highest BCUT2D eigenvalue weighted by molar-refractivity contribution is 6.33. The van der Waals surface area contributed by atoms with Crippen molar-refractivity contribution in [2.45, 2.75) is 26.7 Å². The average Bonchev–Trinajstić information content (AvgIpc) is 0.818. The minimum absolute atomic E-state index is 0.0718. The molecule has 0 radical (unpaired) electrons. The molecular weight excluding hydrogens is 1710 g/mol. The number of nitrogens with zero attached hydrogens (tertiary/aromatic N) is 17. The summed E-state index contributed by atoms with van der Waals surface area (Å²) in [5, 5.41) is 14.0. The molecule has 658 valence electrons. The summed E-state index contributed by atoms with van der Waals surface area (Å²) < 4.78 is 98.0. The molecule has 15 rings (SSSR count). The lowest BCUT2D eigenvalue weighted by molar-refractivity contribution is 0.0173. The van der Waals surface area contributed by atoms with Gasteiger partial charge in [0.1, 0.15) is 60.5 Å². The highest BCUT2D eigenvalue weighted by Crippen LogP contribution is 2.37. The van der Waals surface area contributed by atoms with Gasteiger partial charge in [-0.25, -0.2) is 80.6 Å². The van der Waals surface area contributed by atoms with Crippen LogP contribution >= 0.6 is 11.6 Å². The molecule has 0 spiro atoms. The van der Waals surface area contributed by atoms with Gasteiger partial charge in [-0.05, 0) is 171 Å². The van der Waals surface area contributed by atoms with Gasteiger partial charge in [0.25, 0.3) is 35.5 Å². The van der Waals surface area contributed by atoms with Crippen molar-refractivity contribution < 1.29 is 54.7 Å². The van der Waals surface area contributed by atoms with E-state index in [2.05, 4.69) is 98.2 Å². The molecule has 0 aliphatic heterocycles. The molecule has 35 heteroatoms. The molecule has 27 nitrogen and oxygen atoms in total. The van der Waals surface area contributed by atoms with Crippen molar-refractivity contribution in [3.05, 3.63) is 378 Å². The second kappa shape index (κ2) is 44.6. The molecule has 15 aromatic rings. The molecule has 7 heterocycles. The van der Waals surface area contributed by atoms with Crippen LogP contribution in [-0.4, -0.2) is 125 Å². The van der Waals surface area contributed by atoms with Gasteiger partial charge in [-0.3, -0.25) is 33.9 Å². The number of hydrogen-bond acceptors (Lipinski definition) is 22. The van der Waals surface area contributed by atoms with Crippen molar-refractivity contribution in [3.63, 3.8) is 0 Å². The third-order valence-electron chi connectivity index (χ3n) is 19.1. The van der Waals surface area contributed by atoms with Gasteiger partial charge in [0.15, 0.2) is 11.6 Å². The maximum Gasteiger partial charge on any atom is 0.274 e. The largest absolute Gasteiger partial charge is 0.341 e. The second-order valence-electron chi connectivity index (χ2n) is 28.4. The molecule has 5 amide bonds. The molecular formula is C96H78ClF7N22O5. The third-order valence-corrected chi connectivity index (χ3v) is 19.4. The molecule has 0 saturated carbocycles. The summed E-state index contributed by atoms with van der Waals surface area (Å²) in [6.07, 6.45) is 36.0. The van der Waals surface area contributed by atoms with Crippen LogP contribution in [0, 0.1) is 67.6 Å². The van der Waals surface area contributed by atoms with Gasteiger partial charge < -0.3 is 51.1 Å². The van der Waals surface area contributed by atoms with Gasteiger partial charge in [0.2, 0.25) is 0 Å². The molecule has 0 bridgehead atoms. The first-order valence-corrected chi connectivity index (χ1v) is 39.4. The van der Waals surface area contributed by atoms with Gasteiger partial charge in [0.05, 0.1) is 124 Å². The summed E-state index contributed by atoms with van der Waals surface area (Å²) in [4.78, 5) is 117. The Kier molecular flexibility index (Phi) is 32.1. The number of amides is 5. The molecule has 0 atom stereocenters. The third kappa shape index (κ3) is 26.0. The first-order valence-electron chi connectivity index (χ1n) is 39.1. The van der Waals surface area contributed by atoms with Gasteiger partial charge in [-0.2, -0.15) is 0 Å². The summed E-state index contributed by atoms with van der Waals surface area (Å²) in [5.41, 5.74) is 10.7. The van der Waals surface area contributed by atoms with E-state index in [9.17, 15) is 54.7 Å². The van der Waals surface area contributed by atoms with E-state index in [1.165, 1.54) is 121 Å². The van der Waals surface area contributed by atoms with E-state index >= 15 is 0 Å². The van der Waals surface area contributed by atoms with Crippen LogP contribution in [0.4, 0.5) is 116 Å². The maximum atomic E-state index is 14.3. The SMILES string of the molecule is C#Cc1cccc(C(=O)Nc2cc(F)c(F)c(N(C)c3cncnc3)c2)c1.C#Cc1cccc(C(=O)Nc2ccc(Cl)c(N(C)c3cncnc3)c2)c1.CN(c1cncnc1)c1cc(NC(=O)c2cc(C(C)(F)F)ccn2)ccc1F.Cc1cccc(C(=O)Nc2ccc(F)c(N(C)c3cncnc3)c2)c1.Cc1ccnc(C(=O)Nc2ccc(F)c(N(C)c3cncnc3)c2)c1. The van der Waals surface area contributed by atoms with E-state index in [4.69, 9.17) is 24.4 Å². The average molecular weight is 1790 g/mol. The highest BCUT2D eigenvalue weighted by Gasteiger charge is 2.27. The zero-order chi connectivity index (χ0) is 93.8. The first-order chi connectivity index (χ1) is 62.9. The molecule has 131 heavy (non-hydrogen) atoms. The summed E-state index contributed by atoms with van der Waals surface area (Å²) in [5.74, 6) is -3.64. The molecule has 0 saturated heterocycles. The number of anilines is 15. The second-order valence-corrected chi connectivity index (χ2v) is 28.8. The number of pyridine rings is 2. The number of nitrogens with one attached hydrogen (secondary N) is 5. The van der Waals surface area contributed by atoms with E-state index in [0.29, 0.717) is 89.7 Å². The normalized spacial score (nSPS) is 10.4. The quantitative estimate of drug-likeness (QED) is 0.0330. The molecule has 0 aliphatic carbocycles. The van der Waals surface area contributed by atoms with Gasteiger partial charge in [-0.1, -0.05) is 53.3 Å². The van der Waals surface area contributed by atoms with E-state index in [1.807, 2.05) is 44.0 Å². The summed E-state index contributed by atoms with van der Waals surface area (Å²) >= 11 is 6.32. The van der Waals surface area contributed by atoms with Gasteiger partial charge in [-0.15, -0.1) is 12.8 Å². The van der Waals surface area contributed by atoms with Gasteiger partial charge in [0, 0.05) is 122 Å². The number of halogens is 8. The lowest BCUT2D eigenvalue weighted by atomic mass is 10.1. The van der Waals surface area contributed by atoms with Crippen LogP contribution in [0.15, 0.2) is 288 Å². The Bertz CT molecular complexity index is 6510. The van der Waals surface area contributed by atoms with E-state index in [-0.39, 0.29) is 51.7 Å². The molecule has 0 unspecified atom stereocenters. The van der Waals surface area contributed by atoms with E-state index in [0.717, 1.165) is 53.8 Å². The number of hydrogen-bond donors (Lipinski definition) is 5. The molecule has 0 aliphatic rings. The Morgan fingerprint density at radius 3 is 1.03 bits per heavy atom. The van der Waals surface area contributed by atoms with Crippen LogP contribution in [-0.2, 0) is 5.92 Å². The Morgan fingerprint density at radius 2 is 0.656 bits per heavy atom. The van der Waals surface area contributed by atoms with Crippen LogP contribution in [0.5, 0.6) is 0 Å². The van der Waals surface area contributed by atoms with Crippen molar-refractivity contribution >= 4 is 126 Å². The molecule has 7 aromatic heterocycles. The Labute approximate surface area is 752 Å². The Hall–Kier alpha value is -17.3. The summed E-state index contributed by atoms with van der Waals surface area (Å²) in [6.45, 7) is 4.54. The van der Waals surface area contributed by atoms with Crippen LogP contribution in [0.2, 0.25) is 5.02 Å². The number of aryl methyl sites for hydroxylation is 2. The van der Waals surface area contributed by atoms with Crippen LogP contribution < -0.4 is 51.1 Å². The number of alkyl halides is 2. The summed E-state index contributed by atoms with van der Waals surface area (Å²) in [7, 11) is 8.42. The molecule has 0 fully saturated rings. The van der Waals surface area contributed by atoms with Crippen LogP contribution in [0.3, 0.4) is 0 Å². The predicted octanol–water partition coefficient (Wildman–Crippen LogP) is 19.3. The zero-order valence-electron chi connectivity index (χ0n) is 71.0. The molecule has 8 aromatic carbocycles. The topological polar surface area (TPSA) is 316 Å². The summed E-state index contributed by atoms with van der Waals surface area (Å²) in [6, 6.07) is 46.5. The van der Waals surface area contributed by atoms with Gasteiger partial charge >= 0.3 is 0 Å². The number of terminal acetylenes is 2. The van der Waals surface area contributed by atoms with E-state index in [1.54, 1.807) is 172 Å². The van der Waals surface area contributed by atoms with Crippen molar-refractivity contribution in [2.75, 3.05) is 86.3 Å². The number of carbonyl (C=O) groups excluding carboxylic acids is 5. The minimum Gasteiger partial charge on any atom is -0.341 e. The lowest BCUT2D eigenvalue weighted by Gasteiger charge is -2.20. The maximum absolute atomic E-state index is 14.3. The monoisotopic (exact) mass is 1790 g/mol. The van der Waals surface area contributed by atoms with Crippen molar-refractivity contribution in [1.82, 2.24) is 59.8 Å². The minimum atomic E-state index is -3.10. The van der Waals surface area contributed by atoms with Crippen molar-refractivity contribution in [1.29, 1.82) is 0 Å². The molecule has 5 N–H and O–H groups in total. The number of rotatable bonds is 21. The fourth-order valence-electron chi connectivity index (χ4n) is 12.1. The van der Waals surface area contributed by atoms with E-state index < -0.39 is 46.8 Å². The fraction of sp³-hybridized carbons (Fsp3) is 0.0938. The first kappa shape index (κ1) is 94.4. The number of benzene rings is 8. The smallest absolute Gasteiger partial charge is 0.274 e. The number of carbonyl (C=O) groups is 5.